The molecule has 0 spiro atoms. The van der Waals surface area contributed by atoms with E-state index in [4.69, 9.17) is 0 Å². The first kappa shape index (κ1) is 22.2. The lowest BCUT2D eigenvalue weighted by molar-refractivity contribution is -0.134. The number of likely N-dealkylation sites (tertiary alicyclic amines) is 1. The molecule has 2 aromatic carbocycles. The number of piperazine rings is 1. The number of carbonyl (C=O) groups excluding carboxylic acids is 3. The summed E-state index contributed by atoms with van der Waals surface area (Å²) < 4.78 is 0. The van der Waals surface area contributed by atoms with Crippen LogP contribution in [0.15, 0.2) is 54.6 Å². The van der Waals surface area contributed by atoms with Gasteiger partial charge in [0.25, 0.3) is 0 Å². The Kier molecular flexibility index (Phi) is 7.32. The molecule has 0 atom stereocenters. The van der Waals surface area contributed by atoms with Gasteiger partial charge in [0.05, 0.1) is 6.54 Å². The van der Waals surface area contributed by atoms with Gasteiger partial charge in [0.1, 0.15) is 0 Å². The molecule has 6 heteroatoms. The molecule has 2 aliphatic rings. The molecule has 168 valence electrons. The number of Topliss-reactive ketones (excluding diaryl/α,β-unsaturated/α-hetero) is 1. The minimum atomic E-state index is -0.00666. The number of amides is 2. The fraction of sp³-hybridized carbons (Fsp3) is 0.423. The number of benzene rings is 2. The standard InChI is InChI=1S/C26H31N3O3/c30-24(23-10-8-22(9-11-23)21-6-2-1-3-7-21)12-13-25(31)29-18-16-27(17-19-29)20-26(32)28-14-4-5-15-28/h1-3,6-11H,4-5,12-20H2. The SMILES string of the molecule is O=C(CCC(=O)N1CCN(CC(=O)N2CCCC2)CC1)c1ccc(-c2ccccc2)cc1. The Morgan fingerprint density at radius 1 is 0.625 bits per heavy atom. The molecule has 2 saturated heterocycles. The average molecular weight is 434 g/mol. The van der Waals surface area contributed by atoms with Crippen LogP contribution in [0, 0.1) is 0 Å². The molecule has 0 N–H and O–H groups in total. The predicted octanol–water partition coefficient (Wildman–Crippen LogP) is 3.08. The molecule has 0 saturated carbocycles. The maximum absolute atomic E-state index is 12.6. The summed E-state index contributed by atoms with van der Waals surface area (Å²) in [6, 6.07) is 17.6. The highest BCUT2D eigenvalue weighted by Gasteiger charge is 2.25. The van der Waals surface area contributed by atoms with Gasteiger partial charge < -0.3 is 9.80 Å². The lowest BCUT2D eigenvalue weighted by Gasteiger charge is -2.35. The Morgan fingerprint density at radius 2 is 1.22 bits per heavy atom. The van der Waals surface area contributed by atoms with Crippen LogP contribution in [-0.4, -0.2) is 78.1 Å². The average Bonchev–Trinajstić information content (AvgIpc) is 3.39. The van der Waals surface area contributed by atoms with E-state index in [0.29, 0.717) is 38.3 Å². The first-order valence-electron chi connectivity index (χ1n) is 11.6. The van der Waals surface area contributed by atoms with Crippen LogP contribution in [0.5, 0.6) is 0 Å². The van der Waals surface area contributed by atoms with Gasteiger partial charge in [0.15, 0.2) is 5.78 Å². The van der Waals surface area contributed by atoms with E-state index in [9.17, 15) is 14.4 Å². The first-order valence-corrected chi connectivity index (χ1v) is 11.6. The molecule has 2 heterocycles. The van der Waals surface area contributed by atoms with Gasteiger partial charge >= 0.3 is 0 Å². The minimum absolute atomic E-state index is 0.00666. The number of nitrogens with zero attached hydrogens (tertiary/aromatic N) is 3. The van der Waals surface area contributed by atoms with Crippen molar-refractivity contribution in [2.24, 2.45) is 0 Å². The van der Waals surface area contributed by atoms with E-state index >= 15 is 0 Å². The van der Waals surface area contributed by atoms with Gasteiger partial charge in [-0.15, -0.1) is 0 Å². The van der Waals surface area contributed by atoms with Crippen LogP contribution in [-0.2, 0) is 9.59 Å². The van der Waals surface area contributed by atoms with Gasteiger partial charge in [-0.05, 0) is 24.0 Å². The van der Waals surface area contributed by atoms with Crippen molar-refractivity contribution in [3.63, 3.8) is 0 Å². The van der Waals surface area contributed by atoms with Crippen molar-refractivity contribution in [3.8, 4) is 11.1 Å². The fourth-order valence-electron chi connectivity index (χ4n) is 4.42. The monoisotopic (exact) mass is 433 g/mol. The quantitative estimate of drug-likeness (QED) is 0.630. The Labute approximate surface area is 189 Å². The molecule has 2 amide bonds. The number of ketones is 1. The zero-order valence-electron chi connectivity index (χ0n) is 18.5. The third-order valence-electron chi connectivity index (χ3n) is 6.42. The zero-order chi connectivity index (χ0) is 22.3. The molecule has 6 nitrogen and oxygen atoms in total. The molecule has 2 aromatic rings. The van der Waals surface area contributed by atoms with Crippen LogP contribution in [0.2, 0.25) is 0 Å². The van der Waals surface area contributed by atoms with E-state index in [1.165, 1.54) is 0 Å². The van der Waals surface area contributed by atoms with E-state index in [2.05, 4.69) is 4.90 Å². The van der Waals surface area contributed by atoms with Gasteiger partial charge in [-0.1, -0.05) is 54.6 Å². The second-order valence-electron chi connectivity index (χ2n) is 8.61. The minimum Gasteiger partial charge on any atom is -0.342 e. The summed E-state index contributed by atoms with van der Waals surface area (Å²) in [4.78, 5) is 43.3. The van der Waals surface area contributed by atoms with Gasteiger partial charge in [-0.25, -0.2) is 0 Å². The van der Waals surface area contributed by atoms with Crippen molar-refractivity contribution < 1.29 is 14.4 Å². The molecule has 32 heavy (non-hydrogen) atoms. The maximum Gasteiger partial charge on any atom is 0.236 e. The van der Waals surface area contributed by atoms with Crippen molar-refractivity contribution >= 4 is 17.6 Å². The maximum atomic E-state index is 12.6. The summed E-state index contributed by atoms with van der Waals surface area (Å²) in [6.45, 7) is 4.85. The molecule has 0 aromatic heterocycles. The molecule has 4 rings (SSSR count). The number of hydrogen-bond donors (Lipinski definition) is 0. The van der Waals surface area contributed by atoms with E-state index in [0.717, 1.165) is 37.1 Å². The molecule has 2 fully saturated rings. The molecule has 2 aliphatic heterocycles. The third kappa shape index (κ3) is 5.62. The highest BCUT2D eigenvalue weighted by Crippen LogP contribution is 2.20. The van der Waals surface area contributed by atoms with Crippen LogP contribution >= 0.6 is 0 Å². The highest BCUT2D eigenvalue weighted by molar-refractivity contribution is 5.98. The van der Waals surface area contributed by atoms with Crippen molar-refractivity contribution in [3.05, 3.63) is 60.2 Å². The van der Waals surface area contributed by atoms with E-state index in [-0.39, 0.29) is 30.4 Å². The summed E-state index contributed by atoms with van der Waals surface area (Å²) in [6.07, 6.45) is 2.65. The van der Waals surface area contributed by atoms with Gasteiger partial charge in [0, 0.05) is 57.7 Å². The van der Waals surface area contributed by atoms with E-state index in [1.54, 1.807) is 0 Å². The molecule has 0 unspecified atom stereocenters. The predicted molar refractivity (Wildman–Crippen MR) is 124 cm³/mol. The summed E-state index contributed by atoms with van der Waals surface area (Å²) in [5.74, 6) is 0.212. The fourth-order valence-corrected chi connectivity index (χ4v) is 4.42. The van der Waals surface area contributed by atoms with Crippen molar-refractivity contribution in [1.82, 2.24) is 14.7 Å². The second kappa shape index (κ2) is 10.6. The number of carbonyl (C=O) groups is 3. The molecular formula is C26H31N3O3. The summed E-state index contributed by atoms with van der Waals surface area (Å²) >= 11 is 0. The van der Waals surface area contributed by atoms with Crippen molar-refractivity contribution in [2.75, 3.05) is 45.8 Å². The summed E-state index contributed by atoms with van der Waals surface area (Å²) in [5, 5.41) is 0. The van der Waals surface area contributed by atoms with Crippen LogP contribution in [0.25, 0.3) is 11.1 Å². The Balaban J connectivity index is 1.20. The smallest absolute Gasteiger partial charge is 0.236 e. The zero-order valence-corrected chi connectivity index (χ0v) is 18.5. The van der Waals surface area contributed by atoms with Crippen LogP contribution < -0.4 is 0 Å². The molecule has 0 bridgehead atoms. The van der Waals surface area contributed by atoms with Gasteiger partial charge in [-0.2, -0.15) is 0 Å². The molecule has 0 radical (unpaired) electrons. The summed E-state index contributed by atoms with van der Waals surface area (Å²) in [5.41, 5.74) is 2.82. The number of hydrogen-bond acceptors (Lipinski definition) is 4. The Bertz CT molecular complexity index is 929. The Hall–Kier alpha value is -2.99. The topological polar surface area (TPSA) is 60.9 Å². The lowest BCUT2D eigenvalue weighted by atomic mass is 10.0. The number of rotatable bonds is 7. The van der Waals surface area contributed by atoms with Crippen LogP contribution in [0.4, 0.5) is 0 Å². The Morgan fingerprint density at radius 3 is 1.88 bits per heavy atom. The normalized spacial score (nSPS) is 16.9. The second-order valence-corrected chi connectivity index (χ2v) is 8.61. The largest absolute Gasteiger partial charge is 0.342 e. The van der Waals surface area contributed by atoms with Crippen LogP contribution in [0.3, 0.4) is 0 Å². The summed E-state index contributed by atoms with van der Waals surface area (Å²) in [7, 11) is 0. The van der Waals surface area contributed by atoms with Crippen molar-refractivity contribution in [2.45, 2.75) is 25.7 Å². The molecular weight excluding hydrogens is 402 g/mol. The van der Waals surface area contributed by atoms with E-state index < -0.39 is 0 Å². The van der Waals surface area contributed by atoms with Gasteiger partial charge in [0.2, 0.25) is 11.8 Å². The molecule has 0 aliphatic carbocycles. The van der Waals surface area contributed by atoms with Gasteiger partial charge in [-0.3, -0.25) is 19.3 Å². The highest BCUT2D eigenvalue weighted by atomic mass is 16.2. The lowest BCUT2D eigenvalue weighted by Crippen LogP contribution is -2.51. The third-order valence-corrected chi connectivity index (χ3v) is 6.42. The van der Waals surface area contributed by atoms with Crippen molar-refractivity contribution in [1.29, 1.82) is 0 Å². The van der Waals surface area contributed by atoms with E-state index in [1.807, 2.05) is 64.4 Å². The van der Waals surface area contributed by atoms with Crippen LogP contribution in [0.1, 0.15) is 36.0 Å². The first-order chi connectivity index (χ1) is 15.6.